The topological polar surface area (TPSA) is 83.4 Å². The molecular weight excluding hydrogens is 376 g/mol. The quantitative estimate of drug-likeness (QED) is 0.371. The maximum atomic E-state index is 9.42. The number of aromatic nitrogens is 1. The SMILES string of the molecule is CCCCC1CCC(c2nc(C#N)c(N/N=C/c3cccc(OCCC)c3)o2)CC1. The van der Waals surface area contributed by atoms with Gasteiger partial charge < -0.3 is 9.15 Å². The van der Waals surface area contributed by atoms with Crippen molar-refractivity contribution >= 4 is 12.1 Å². The molecule has 6 nitrogen and oxygen atoms in total. The lowest BCUT2D eigenvalue weighted by Crippen LogP contribution is -2.13. The summed E-state index contributed by atoms with van der Waals surface area (Å²) in [7, 11) is 0. The molecule has 0 amide bonds. The Kier molecular flexibility index (Phi) is 8.31. The summed E-state index contributed by atoms with van der Waals surface area (Å²) in [5.74, 6) is 2.91. The molecule has 1 aromatic carbocycles. The first-order valence-electron chi connectivity index (χ1n) is 11.2. The molecule has 160 valence electrons. The van der Waals surface area contributed by atoms with Crippen molar-refractivity contribution in [2.24, 2.45) is 11.0 Å². The molecular formula is C24H32N4O2. The molecule has 0 spiro atoms. The number of anilines is 1. The zero-order valence-electron chi connectivity index (χ0n) is 18.1. The fraction of sp³-hybridized carbons (Fsp3) is 0.542. The summed E-state index contributed by atoms with van der Waals surface area (Å²) < 4.78 is 11.5. The monoisotopic (exact) mass is 408 g/mol. The minimum absolute atomic E-state index is 0.260. The Morgan fingerprint density at radius 3 is 2.83 bits per heavy atom. The average molecular weight is 409 g/mol. The lowest BCUT2D eigenvalue weighted by atomic mass is 9.80. The highest BCUT2D eigenvalue weighted by atomic mass is 16.5. The van der Waals surface area contributed by atoms with E-state index in [0.717, 1.165) is 36.5 Å². The maximum Gasteiger partial charge on any atom is 0.252 e. The molecule has 2 aromatic rings. The van der Waals surface area contributed by atoms with Crippen LogP contribution in [0, 0.1) is 17.2 Å². The molecule has 1 aromatic heterocycles. The van der Waals surface area contributed by atoms with Crippen molar-refractivity contribution in [3.63, 3.8) is 0 Å². The number of unbranched alkanes of at least 4 members (excludes halogenated alkanes) is 1. The van der Waals surface area contributed by atoms with Crippen LogP contribution in [0.4, 0.5) is 5.88 Å². The minimum Gasteiger partial charge on any atom is -0.494 e. The number of hydrazone groups is 1. The van der Waals surface area contributed by atoms with Gasteiger partial charge in [-0.25, -0.2) is 10.4 Å². The van der Waals surface area contributed by atoms with E-state index in [1.807, 2.05) is 24.3 Å². The van der Waals surface area contributed by atoms with Crippen molar-refractivity contribution in [1.82, 2.24) is 4.98 Å². The third-order valence-electron chi connectivity index (χ3n) is 5.62. The van der Waals surface area contributed by atoms with E-state index in [9.17, 15) is 5.26 Å². The number of nitriles is 1. The Labute approximate surface area is 179 Å². The van der Waals surface area contributed by atoms with Crippen LogP contribution in [0.15, 0.2) is 33.8 Å². The van der Waals surface area contributed by atoms with Crippen LogP contribution in [0.5, 0.6) is 5.75 Å². The van der Waals surface area contributed by atoms with Crippen molar-refractivity contribution in [2.75, 3.05) is 12.0 Å². The fourth-order valence-corrected chi connectivity index (χ4v) is 3.92. The standard InChI is InChI=1S/C24H32N4O2/c1-3-5-7-18-10-12-20(13-11-18)23-27-22(16-25)24(30-23)28-26-17-19-8-6-9-21(15-19)29-14-4-2/h6,8-9,15,17-18,20,28H,3-5,7,10-14H2,1-2H3/b26-17+. The van der Waals surface area contributed by atoms with E-state index in [0.29, 0.717) is 24.3 Å². The van der Waals surface area contributed by atoms with Crippen molar-refractivity contribution in [1.29, 1.82) is 5.26 Å². The van der Waals surface area contributed by atoms with Gasteiger partial charge in [-0.1, -0.05) is 45.2 Å². The second-order valence-corrected chi connectivity index (χ2v) is 7.99. The second kappa shape index (κ2) is 11.4. The second-order valence-electron chi connectivity index (χ2n) is 7.99. The Morgan fingerprint density at radius 2 is 2.10 bits per heavy atom. The summed E-state index contributed by atoms with van der Waals surface area (Å²) in [4.78, 5) is 4.43. The minimum atomic E-state index is 0.260. The molecule has 0 saturated heterocycles. The number of oxazole rings is 1. The van der Waals surface area contributed by atoms with Gasteiger partial charge in [0.15, 0.2) is 0 Å². The third kappa shape index (κ3) is 6.09. The van der Waals surface area contributed by atoms with E-state index < -0.39 is 0 Å². The van der Waals surface area contributed by atoms with E-state index in [1.54, 1.807) is 6.21 Å². The van der Waals surface area contributed by atoms with Gasteiger partial charge in [0.25, 0.3) is 5.88 Å². The molecule has 30 heavy (non-hydrogen) atoms. The van der Waals surface area contributed by atoms with Crippen molar-refractivity contribution in [3.8, 4) is 11.8 Å². The highest BCUT2D eigenvalue weighted by Gasteiger charge is 2.27. The lowest BCUT2D eigenvalue weighted by Gasteiger charge is -2.26. The zero-order valence-corrected chi connectivity index (χ0v) is 18.1. The largest absolute Gasteiger partial charge is 0.494 e. The van der Waals surface area contributed by atoms with Crippen LogP contribution in [0.1, 0.15) is 88.3 Å². The summed E-state index contributed by atoms with van der Waals surface area (Å²) in [6.45, 7) is 5.01. The molecule has 0 unspecified atom stereocenters. The molecule has 0 aliphatic heterocycles. The highest BCUT2D eigenvalue weighted by molar-refractivity contribution is 5.80. The van der Waals surface area contributed by atoms with E-state index >= 15 is 0 Å². The first-order chi connectivity index (χ1) is 14.7. The first kappa shape index (κ1) is 21.9. The molecule has 0 bridgehead atoms. The summed E-state index contributed by atoms with van der Waals surface area (Å²) in [6.07, 6.45) is 11.1. The van der Waals surface area contributed by atoms with Gasteiger partial charge in [-0.05, 0) is 55.7 Å². The molecule has 6 heteroatoms. The first-order valence-corrected chi connectivity index (χ1v) is 11.2. The van der Waals surface area contributed by atoms with Crippen LogP contribution < -0.4 is 10.2 Å². The molecule has 1 aliphatic rings. The van der Waals surface area contributed by atoms with E-state index in [4.69, 9.17) is 9.15 Å². The number of ether oxygens (including phenoxy) is 1. The molecule has 1 saturated carbocycles. The summed E-state index contributed by atoms with van der Waals surface area (Å²) in [6, 6.07) is 9.83. The van der Waals surface area contributed by atoms with Crippen LogP contribution in [0.3, 0.4) is 0 Å². The van der Waals surface area contributed by atoms with E-state index in [1.165, 1.54) is 32.1 Å². The molecule has 1 aliphatic carbocycles. The Bertz CT molecular complexity index is 860. The van der Waals surface area contributed by atoms with Crippen molar-refractivity contribution in [2.45, 2.75) is 71.1 Å². The van der Waals surface area contributed by atoms with E-state index in [-0.39, 0.29) is 5.69 Å². The van der Waals surface area contributed by atoms with Crippen molar-refractivity contribution in [3.05, 3.63) is 41.4 Å². The van der Waals surface area contributed by atoms with Gasteiger partial charge in [0.2, 0.25) is 11.6 Å². The Morgan fingerprint density at radius 1 is 1.27 bits per heavy atom. The number of benzene rings is 1. The maximum absolute atomic E-state index is 9.42. The van der Waals surface area contributed by atoms with Gasteiger partial charge in [-0.3, -0.25) is 0 Å². The number of hydrogen-bond acceptors (Lipinski definition) is 6. The Balaban J connectivity index is 1.59. The molecule has 1 heterocycles. The van der Waals surface area contributed by atoms with Gasteiger partial charge in [-0.15, -0.1) is 0 Å². The zero-order chi connectivity index (χ0) is 21.2. The molecule has 1 fully saturated rings. The third-order valence-corrected chi connectivity index (χ3v) is 5.62. The van der Waals surface area contributed by atoms with Gasteiger partial charge in [0.1, 0.15) is 11.8 Å². The van der Waals surface area contributed by atoms with Crippen LogP contribution in [-0.2, 0) is 0 Å². The molecule has 0 radical (unpaired) electrons. The summed E-state index contributed by atoms with van der Waals surface area (Å²) >= 11 is 0. The van der Waals surface area contributed by atoms with E-state index in [2.05, 4.69) is 35.4 Å². The highest BCUT2D eigenvalue weighted by Crippen LogP contribution is 2.38. The van der Waals surface area contributed by atoms with Crippen LogP contribution in [0.25, 0.3) is 0 Å². The van der Waals surface area contributed by atoms with Crippen LogP contribution in [-0.4, -0.2) is 17.8 Å². The lowest BCUT2D eigenvalue weighted by molar-refractivity contribution is 0.278. The normalized spacial score (nSPS) is 19.0. The molecule has 0 atom stereocenters. The number of rotatable bonds is 10. The van der Waals surface area contributed by atoms with Crippen molar-refractivity contribution < 1.29 is 9.15 Å². The predicted molar refractivity (Wildman–Crippen MR) is 119 cm³/mol. The van der Waals surface area contributed by atoms with Gasteiger partial charge in [0.05, 0.1) is 12.8 Å². The average Bonchev–Trinajstić information content (AvgIpc) is 3.20. The van der Waals surface area contributed by atoms with Gasteiger partial charge >= 0.3 is 0 Å². The number of nitrogens with one attached hydrogen (secondary N) is 1. The smallest absolute Gasteiger partial charge is 0.252 e. The van der Waals surface area contributed by atoms with Gasteiger partial charge in [-0.2, -0.15) is 10.4 Å². The number of hydrogen-bond donors (Lipinski definition) is 1. The number of nitrogens with zero attached hydrogens (tertiary/aromatic N) is 3. The fourth-order valence-electron chi connectivity index (χ4n) is 3.92. The molecule has 1 N–H and O–H groups in total. The van der Waals surface area contributed by atoms with Crippen LogP contribution >= 0.6 is 0 Å². The predicted octanol–water partition coefficient (Wildman–Crippen LogP) is 6.25. The molecule has 3 rings (SSSR count). The summed E-state index contributed by atoms with van der Waals surface area (Å²) in [5.41, 5.74) is 4.01. The van der Waals surface area contributed by atoms with Gasteiger partial charge in [0, 0.05) is 5.92 Å². The Hall–Kier alpha value is -2.81. The summed E-state index contributed by atoms with van der Waals surface area (Å²) in [5, 5.41) is 13.7. The van der Waals surface area contributed by atoms with Crippen LogP contribution in [0.2, 0.25) is 0 Å².